The molecule has 16 rings (SSSR count). The van der Waals surface area contributed by atoms with Crippen LogP contribution in [0.2, 0.25) is 0 Å². The van der Waals surface area contributed by atoms with Gasteiger partial charge in [0.2, 0.25) is 0 Å². The molecule has 4 aliphatic rings. The van der Waals surface area contributed by atoms with Crippen LogP contribution in [0, 0.1) is 0 Å². The zero-order valence-electron chi connectivity index (χ0n) is 36.9. The molecule has 1 aromatic heterocycles. The van der Waals surface area contributed by atoms with Crippen molar-refractivity contribution in [1.29, 1.82) is 0 Å². The van der Waals surface area contributed by atoms with Crippen LogP contribution in [-0.2, 0) is 10.8 Å². The lowest BCUT2D eigenvalue weighted by Crippen LogP contribution is -2.26. The van der Waals surface area contributed by atoms with Gasteiger partial charge in [-0.25, -0.2) is 0 Å². The Morgan fingerprint density at radius 2 is 0.647 bits per heavy atom. The van der Waals surface area contributed by atoms with Gasteiger partial charge in [0.15, 0.2) is 5.58 Å². The summed E-state index contributed by atoms with van der Waals surface area (Å²) in [7, 11) is 0. The lowest BCUT2D eigenvalue weighted by Gasteiger charge is -2.33. The summed E-state index contributed by atoms with van der Waals surface area (Å²) < 4.78 is 7.22. The third-order valence-electron chi connectivity index (χ3n) is 16.1. The SMILES string of the molecule is c1ccc2c(c1)-c1ccccc1C21c2ccccc2-c2c(N(c3cccc4c3-c3ccccc3C43c4ccccc4-c4ccccc43)c3cccc4c3oc3ccc5ccccc5c34)cccc21. The van der Waals surface area contributed by atoms with Gasteiger partial charge in [0.05, 0.1) is 27.9 Å². The summed E-state index contributed by atoms with van der Waals surface area (Å²) in [6.45, 7) is 0. The number of furan rings is 1. The van der Waals surface area contributed by atoms with E-state index in [0.29, 0.717) is 0 Å². The van der Waals surface area contributed by atoms with Gasteiger partial charge in [-0.15, -0.1) is 0 Å². The first kappa shape index (κ1) is 36.5. The van der Waals surface area contributed by atoms with Crippen molar-refractivity contribution in [3.05, 3.63) is 281 Å². The van der Waals surface area contributed by atoms with Crippen LogP contribution >= 0.6 is 0 Å². The first-order chi connectivity index (χ1) is 33.8. The Kier molecular flexibility index (Phi) is 6.98. The standard InChI is InChI=1S/C66H39NO/c1-2-19-41-40(18-1)38-39-60-61(41)48-26-15-37-59(64(48)68-60)67(57-35-16-33-55-62(57)46-24-7-13-31-53(46)65(55)49-27-9-3-20-42(49)43-21-4-10-28-50(43)65)58-36-17-34-56-63(58)47-25-8-14-32-54(47)66(56)51-29-11-5-22-44(51)45-23-6-12-30-52(45)66/h1-39H. The molecule has 12 aromatic rings. The van der Waals surface area contributed by atoms with E-state index in [0.717, 1.165) is 39.0 Å². The number of benzene rings is 11. The molecule has 2 spiro atoms. The van der Waals surface area contributed by atoms with E-state index in [4.69, 9.17) is 4.42 Å². The van der Waals surface area contributed by atoms with Gasteiger partial charge in [-0.3, -0.25) is 0 Å². The Morgan fingerprint density at radius 1 is 0.279 bits per heavy atom. The summed E-state index contributed by atoms with van der Waals surface area (Å²) in [5, 5.41) is 4.64. The average Bonchev–Trinajstić information content (AvgIpc) is 4.18. The van der Waals surface area contributed by atoms with Crippen LogP contribution in [0.4, 0.5) is 17.1 Å². The molecule has 2 nitrogen and oxygen atoms in total. The molecular formula is C66H39NO. The number of anilines is 3. The van der Waals surface area contributed by atoms with Crippen molar-refractivity contribution in [1.82, 2.24) is 0 Å². The Balaban J connectivity index is 1.06. The van der Waals surface area contributed by atoms with E-state index < -0.39 is 10.8 Å². The summed E-state index contributed by atoms with van der Waals surface area (Å²) in [5.41, 5.74) is 24.7. The Morgan fingerprint density at radius 3 is 1.15 bits per heavy atom. The lowest BCUT2D eigenvalue weighted by molar-refractivity contribution is 0.669. The first-order valence-electron chi connectivity index (χ1n) is 23.8. The van der Waals surface area contributed by atoms with E-state index >= 15 is 0 Å². The maximum absolute atomic E-state index is 7.22. The highest BCUT2D eigenvalue weighted by Gasteiger charge is 2.54. The predicted octanol–water partition coefficient (Wildman–Crippen LogP) is 16.9. The van der Waals surface area contributed by atoms with Crippen molar-refractivity contribution in [3.63, 3.8) is 0 Å². The molecule has 314 valence electrons. The van der Waals surface area contributed by atoms with Crippen molar-refractivity contribution >= 4 is 49.8 Å². The molecule has 0 N–H and O–H groups in total. The van der Waals surface area contributed by atoms with E-state index in [2.05, 4.69) is 241 Å². The van der Waals surface area contributed by atoms with Crippen molar-refractivity contribution in [2.24, 2.45) is 0 Å². The zero-order chi connectivity index (χ0) is 44.3. The van der Waals surface area contributed by atoms with Crippen LogP contribution in [0.1, 0.15) is 44.5 Å². The van der Waals surface area contributed by atoms with Gasteiger partial charge in [-0.2, -0.15) is 0 Å². The van der Waals surface area contributed by atoms with Crippen molar-refractivity contribution in [2.45, 2.75) is 10.8 Å². The molecule has 0 aliphatic heterocycles. The molecular weight excluding hydrogens is 823 g/mol. The highest BCUT2D eigenvalue weighted by atomic mass is 16.3. The third kappa shape index (κ3) is 4.22. The summed E-state index contributed by atoms with van der Waals surface area (Å²) in [6.07, 6.45) is 0. The summed E-state index contributed by atoms with van der Waals surface area (Å²) in [5.74, 6) is 0. The fraction of sp³-hybridized carbons (Fsp3) is 0.0303. The van der Waals surface area contributed by atoms with Crippen molar-refractivity contribution in [3.8, 4) is 44.5 Å². The second kappa shape index (κ2) is 13.0. The summed E-state index contributed by atoms with van der Waals surface area (Å²) in [4.78, 5) is 2.57. The van der Waals surface area contributed by atoms with Crippen LogP contribution in [-0.4, -0.2) is 0 Å². The molecule has 0 saturated heterocycles. The highest BCUT2D eigenvalue weighted by molar-refractivity contribution is 6.21. The largest absolute Gasteiger partial charge is 0.454 e. The van der Waals surface area contributed by atoms with E-state index in [9.17, 15) is 0 Å². The zero-order valence-corrected chi connectivity index (χ0v) is 36.9. The molecule has 0 amide bonds. The molecule has 68 heavy (non-hydrogen) atoms. The van der Waals surface area contributed by atoms with Crippen LogP contribution in [0.25, 0.3) is 77.2 Å². The number of hydrogen-bond donors (Lipinski definition) is 0. The monoisotopic (exact) mass is 861 g/mol. The van der Waals surface area contributed by atoms with Crippen LogP contribution in [0.15, 0.2) is 241 Å². The quantitative estimate of drug-likeness (QED) is 0.176. The first-order valence-corrected chi connectivity index (χ1v) is 23.8. The number of nitrogens with zero attached hydrogens (tertiary/aromatic N) is 1. The number of para-hydroxylation sites is 1. The minimum Gasteiger partial charge on any atom is -0.454 e. The molecule has 4 aliphatic carbocycles. The van der Waals surface area contributed by atoms with Gasteiger partial charge in [-0.1, -0.05) is 212 Å². The lowest BCUT2D eigenvalue weighted by atomic mass is 9.70. The Hall–Kier alpha value is -8.72. The average molecular weight is 862 g/mol. The van der Waals surface area contributed by atoms with Crippen LogP contribution in [0.3, 0.4) is 0 Å². The molecule has 0 unspecified atom stereocenters. The van der Waals surface area contributed by atoms with Gasteiger partial charge in [0.1, 0.15) is 5.58 Å². The third-order valence-corrected chi connectivity index (χ3v) is 16.1. The number of fused-ring (bicyclic) bond motifs is 25. The second-order valence-corrected chi connectivity index (χ2v) is 18.9. The summed E-state index contributed by atoms with van der Waals surface area (Å²) in [6, 6.07) is 88.5. The maximum Gasteiger partial charge on any atom is 0.159 e. The molecule has 11 aromatic carbocycles. The predicted molar refractivity (Wildman–Crippen MR) is 279 cm³/mol. The minimum atomic E-state index is -0.502. The van der Waals surface area contributed by atoms with Gasteiger partial charge in [-0.05, 0) is 113 Å². The van der Waals surface area contributed by atoms with E-state index in [-0.39, 0.29) is 0 Å². The van der Waals surface area contributed by atoms with Crippen molar-refractivity contribution in [2.75, 3.05) is 4.90 Å². The van der Waals surface area contributed by atoms with E-state index in [1.54, 1.807) is 0 Å². The normalized spacial score (nSPS) is 14.4. The Bertz CT molecular complexity index is 3900. The van der Waals surface area contributed by atoms with Gasteiger partial charge >= 0.3 is 0 Å². The van der Waals surface area contributed by atoms with Crippen LogP contribution in [0.5, 0.6) is 0 Å². The van der Waals surface area contributed by atoms with Crippen LogP contribution < -0.4 is 4.90 Å². The Labute approximate surface area is 393 Å². The molecule has 0 radical (unpaired) electrons. The molecule has 2 heteroatoms. The fourth-order valence-electron chi connectivity index (χ4n) is 13.7. The van der Waals surface area contributed by atoms with Gasteiger partial charge in [0.25, 0.3) is 0 Å². The highest BCUT2D eigenvalue weighted by Crippen LogP contribution is 2.68. The topological polar surface area (TPSA) is 16.4 Å². The minimum absolute atomic E-state index is 0.502. The van der Waals surface area contributed by atoms with Crippen molar-refractivity contribution < 1.29 is 4.42 Å². The fourth-order valence-corrected chi connectivity index (χ4v) is 13.7. The molecule has 0 fully saturated rings. The van der Waals surface area contributed by atoms with Gasteiger partial charge < -0.3 is 9.32 Å². The van der Waals surface area contributed by atoms with E-state index in [1.807, 2.05) is 0 Å². The second-order valence-electron chi connectivity index (χ2n) is 18.9. The van der Waals surface area contributed by atoms with E-state index in [1.165, 1.54) is 99.8 Å². The maximum atomic E-state index is 7.22. The molecule has 0 saturated carbocycles. The molecule has 0 atom stereocenters. The number of rotatable bonds is 3. The molecule has 1 heterocycles. The van der Waals surface area contributed by atoms with Gasteiger partial charge in [0, 0.05) is 21.9 Å². The summed E-state index contributed by atoms with van der Waals surface area (Å²) >= 11 is 0. The molecule has 0 bridgehead atoms. The smallest absolute Gasteiger partial charge is 0.159 e. The number of hydrogen-bond acceptors (Lipinski definition) is 2.